The lowest BCUT2D eigenvalue weighted by Crippen LogP contribution is -2.26. The van der Waals surface area contributed by atoms with Crippen LogP contribution in [0.15, 0.2) is 22.7 Å². The van der Waals surface area contributed by atoms with Crippen LogP contribution in [-0.2, 0) is 0 Å². The summed E-state index contributed by atoms with van der Waals surface area (Å²) >= 11 is 1.27. The molecule has 0 saturated heterocycles. The van der Waals surface area contributed by atoms with Crippen LogP contribution in [0.2, 0.25) is 0 Å². The Morgan fingerprint density at radius 3 is 2.82 bits per heavy atom. The fourth-order valence-corrected chi connectivity index (χ4v) is 3.41. The Kier molecular flexibility index (Phi) is 3.66. The molecule has 0 fully saturated rings. The van der Waals surface area contributed by atoms with Gasteiger partial charge in [-0.15, -0.1) is 11.3 Å². The molecule has 7 heteroatoms. The van der Waals surface area contributed by atoms with Gasteiger partial charge in [-0.2, -0.15) is 4.98 Å². The first-order chi connectivity index (χ1) is 10.5. The van der Waals surface area contributed by atoms with Gasteiger partial charge < -0.3 is 9.84 Å². The number of rotatable bonds is 3. The number of aryl methyl sites for hydroxylation is 2. The number of hydrogen-bond donors (Lipinski definition) is 1. The highest BCUT2D eigenvalue weighted by atomic mass is 32.1. The summed E-state index contributed by atoms with van der Waals surface area (Å²) in [7, 11) is 0. The molecular formula is C15H14FN3O2S. The zero-order valence-electron chi connectivity index (χ0n) is 12.3. The first-order valence-corrected chi connectivity index (χ1v) is 7.57. The van der Waals surface area contributed by atoms with E-state index in [-0.39, 0.29) is 11.7 Å². The Hall–Kier alpha value is -2.28. The Labute approximate surface area is 130 Å². The van der Waals surface area contributed by atoms with Gasteiger partial charge in [0.1, 0.15) is 11.9 Å². The van der Waals surface area contributed by atoms with Gasteiger partial charge in [0, 0.05) is 10.1 Å². The molecule has 2 aromatic heterocycles. The summed E-state index contributed by atoms with van der Waals surface area (Å²) in [6.07, 6.45) is 0. The topological polar surface area (TPSA) is 68.0 Å². The summed E-state index contributed by atoms with van der Waals surface area (Å²) in [4.78, 5) is 17.0. The molecule has 5 nitrogen and oxygen atoms in total. The van der Waals surface area contributed by atoms with E-state index in [1.807, 2.05) is 0 Å². The third kappa shape index (κ3) is 2.48. The summed E-state index contributed by atoms with van der Waals surface area (Å²) < 4.78 is 19.7. The van der Waals surface area contributed by atoms with E-state index in [0.29, 0.717) is 27.5 Å². The molecule has 0 saturated carbocycles. The van der Waals surface area contributed by atoms with Crippen molar-refractivity contribution < 1.29 is 13.7 Å². The Balaban J connectivity index is 1.89. The van der Waals surface area contributed by atoms with Gasteiger partial charge in [-0.25, -0.2) is 4.39 Å². The molecule has 0 spiro atoms. The molecule has 3 aromatic rings. The zero-order valence-corrected chi connectivity index (χ0v) is 13.1. The van der Waals surface area contributed by atoms with Crippen molar-refractivity contribution in [3.05, 3.63) is 46.2 Å². The van der Waals surface area contributed by atoms with Crippen LogP contribution in [0.3, 0.4) is 0 Å². The highest BCUT2D eigenvalue weighted by Gasteiger charge is 2.21. The lowest BCUT2D eigenvalue weighted by molar-refractivity contribution is 0.0936. The van der Waals surface area contributed by atoms with E-state index in [1.165, 1.54) is 17.4 Å². The number of thiophene rings is 1. The van der Waals surface area contributed by atoms with E-state index in [1.54, 1.807) is 32.9 Å². The number of halogens is 1. The van der Waals surface area contributed by atoms with Crippen molar-refractivity contribution >= 4 is 27.3 Å². The fourth-order valence-electron chi connectivity index (χ4n) is 2.28. The number of carbonyl (C=O) groups is 1. The third-order valence-electron chi connectivity index (χ3n) is 3.37. The summed E-state index contributed by atoms with van der Waals surface area (Å²) in [5, 5.41) is 7.00. The predicted octanol–water partition coefficient (Wildman–Crippen LogP) is 3.53. The van der Waals surface area contributed by atoms with Crippen molar-refractivity contribution in [3.63, 3.8) is 0 Å². The van der Waals surface area contributed by atoms with Gasteiger partial charge in [-0.1, -0.05) is 11.2 Å². The molecule has 22 heavy (non-hydrogen) atoms. The highest BCUT2D eigenvalue weighted by Crippen LogP contribution is 2.32. The van der Waals surface area contributed by atoms with Crippen LogP contribution >= 0.6 is 11.3 Å². The maximum Gasteiger partial charge on any atom is 0.262 e. The van der Waals surface area contributed by atoms with Crippen molar-refractivity contribution in [1.82, 2.24) is 15.5 Å². The number of fused-ring (bicyclic) bond motifs is 1. The SMILES string of the molecule is Cc1noc(C(C)NC(=O)c2sc3cccc(F)c3c2C)n1. The second kappa shape index (κ2) is 5.49. The number of hydrogen-bond acceptors (Lipinski definition) is 5. The van der Waals surface area contributed by atoms with E-state index >= 15 is 0 Å². The second-order valence-corrected chi connectivity index (χ2v) is 6.10. The van der Waals surface area contributed by atoms with Crippen molar-refractivity contribution in [2.45, 2.75) is 26.8 Å². The summed E-state index contributed by atoms with van der Waals surface area (Å²) in [6, 6.07) is 4.42. The monoisotopic (exact) mass is 319 g/mol. The molecule has 1 unspecified atom stereocenters. The second-order valence-electron chi connectivity index (χ2n) is 5.04. The number of nitrogens with zero attached hydrogens (tertiary/aromatic N) is 2. The minimum atomic E-state index is -0.414. The molecular weight excluding hydrogens is 305 g/mol. The number of nitrogens with one attached hydrogen (secondary N) is 1. The van der Waals surface area contributed by atoms with Gasteiger partial charge in [-0.3, -0.25) is 4.79 Å². The minimum absolute atomic E-state index is 0.276. The van der Waals surface area contributed by atoms with Crippen molar-refractivity contribution in [3.8, 4) is 0 Å². The molecule has 0 bridgehead atoms. The van der Waals surface area contributed by atoms with Crippen LogP contribution < -0.4 is 5.32 Å². The minimum Gasteiger partial charge on any atom is -0.340 e. The van der Waals surface area contributed by atoms with Gasteiger partial charge in [0.15, 0.2) is 5.82 Å². The van der Waals surface area contributed by atoms with Crippen LogP contribution in [0.25, 0.3) is 10.1 Å². The van der Waals surface area contributed by atoms with Gasteiger partial charge in [0.2, 0.25) is 5.89 Å². The number of aromatic nitrogens is 2. The maximum atomic E-state index is 13.9. The smallest absolute Gasteiger partial charge is 0.262 e. The maximum absolute atomic E-state index is 13.9. The van der Waals surface area contributed by atoms with Crippen molar-refractivity contribution in [2.24, 2.45) is 0 Å². The fraction of sp³-hybridized carbons (Fsp3) is 0.267. The van der Waals surface area contributed by atoms with Crippen LogP contribution in [0, 0.1) is 19.7 Å². The summed E-state index contributed by atoms with van der Waals surface area (Å²) in [5.74, 6) is 0.263. The highest BCUT2D eigenvalue weighted by molar-refractivity contribution is 7.21. The normalized spacial score (nSPS) is 12.5. The summed E-state index contributed by atoms with van der Waals surface area (Å²) in [5.41, 5.74) is 0.643. The molecule has 0 radical (unpaired) electrons. The molecule has 0 aliphatic rings. The largest absolute Gasteiger partial charge is 0.340 e. The predicted molar refractivity (Wildman–Crippen MR) is 81.4 cm³/mol. The number of carbonyl (C=O) groups excluding carboxylic acids is 1. The number of benzene rings is 1. The lowest BCUT2D eigenvalue weighted by Gasteiger charge is -2.09. The molecule has 1 amide bonds. The van der Waals surface area contributed by atoms with Crippen LogP contribution in [-0.4, -0.2) is 16.0 Å². The van der Waals surface area contributed by atoms with E-state index in [0.717, 1.165) is 4.70 Å². The van der Waals surface area contributed by atoms with Crippen LogP contribution in [0.4, 0.5) is 4.39 Å². The van der Waals surface area contributed by atoms with E-state index in [2.05, 4.69) is 15.5 Å². The van der Waals surface area contributed by atoms with Crippen molar-refractivity contribution in [2.75, 3.05) is 0 Å². The molecule has 1 N–H and O–H groups in total. The molecule has 3 rings (SSSR count). The Morgan fingerprint density at radius 1 is 1.41 bits per heavy atom. The standard InChI is InChI=1S/C15H14FN3O2S/c1-7-12-10(16)5-4-6-11(12)22-13(7)14(20)17-8(2)15-18-9(3)19-21-15/h4-6,8H,1-3H3,(H,17,20). The summed E-state index contributed by atoms with van der Waals surface area (Å²) in [6.45, 7) is 5.22. The molecule has 114 valence electrons. The van der Waals surface area contributed by atoms with Gasteiger partial charge in [0.05, 0.1) is 4.88 Å². The van der Waals surface area contributed by atoms with Crippen molar-refractivity contribution in [1.29, 1.82) is 0 Å². The molecule has 2 heterocycles. The van der Waals surface area contributed by atoms with Crippen LogP contribution in [0.5, 0.6) is 0 Å². The Morgan fingerprint density at radius 2 is 2.18 bits per heavy atom. The van der Waals surface area contributed by atoms with E-state index in [9.17, 15) is 9.18 Å². The average molecular weight is 319 g/mol. The molecule has 1 aromatic carbocycles. The van der Waals surface area contributed by atoms with Gasteiger partial charge >= 0.3 is 0 Å². The van der Waals surface area contributed by atoms with Gasteiger partial charge in [-0.05, 0) is 38.5 Å². The van der Waals surface area contributed by atoms with E-state index in [4.69, 9.17) is 4.52 Å². The zero-order chi connectivity index (χ0) is 15.9. The van der Waals surface area contributed by atoms with Crippen LogP contribution in [0.1, 0.15) is 39.9 Å². The molecule has 0 aliphatic heterocycles. The quantitative estimate of drug-likeness (QED) is 0.802. The molecule has 1 atom stereocenters. The first kappa shape index (κ1) is 14.6. The molecule has 0 aliphatic carbocycles. The van der Waals surface area contributed by atoms with E-state index < -0.39 is 6.04 Å². The first-order valence-electron chi connectivity index (χ1n) is 6.76. The Bertz CT molecular complexity index is 856. The van der Waals surface area contributed by atoms with Gasteiger partial charge in [0.25, 0.3) is 5.91 Å². The lowest BCUT2D eigenvalue weighted by atomic mass is 10.1. The number of amides is 1. The average Bonchev–Trinajstić information content (AvgIpc) is 3.04. The third-order valence-corrected chi connectivity index (χ3v) is 4.63.